The third-order valence-electron chi connectivity index (χ3n) is 4.44. The maximum atomic E-state index is 12.5. The molecule has 7 nitrogen and oxygen atoms in total. The molecule has 1 N–H and O–H groups in total. The van der Waals surface area contributed by atoms with E-state index in [2.05, 4.69) is 15.3 Å². The Morgan fingerprint density at radius 1 is 1.18 bits per heavy atom. The van der Waals surface area contributed by atoms with Crippen LogP contribution >= 0.6 is 0 Å². The number of aryl methyl sites for hydroxylation is 2. The number of rotatable bonds is 3. The van der Waals surface area contributed by atoms with E-state index in [1.807, 2.05) is 32.7 Å². The van der Waals surface area contributed by atoms with Gasteiger partial charge in [-0.15, -0.1) is 0 Å². The van der Waals surface area contributed by atoms with Crippen LogP contribution in [0, 0.1) is 13.8 Å². The highest BCUT2D eigenvalue weighted by Gasteiger charge is 2.27. The molecular formula is C15H25N5O2. The molecule has 1 saturated heterocycles. The first kappa shape index (κ1) is 16.5. The summed E-state index contributed by atoms with van der Waals surface area (Å²) in [6, 6.07) is -0.229. The van der Waals surface area contributed by atoms with Crippen molar-refractivity contribution < 1.29 is 9.59 Å². The quantitative estimate of drug-likeness (QED) is 0.884. The monoisotopic (exact) mass is 307 g/mol. The molecule has 1 aromatic rings. The fourth-order valence-electron chi connectivity index (χ4n) is 2.77. The largest absolute Gasteiger partial charge is 0.340 e. The van der Waals surface area contributed by atoms with Crippen LogP contribution in [0.4, 0.5) is 5.69 Å². The summed E-state index contributed by atoms with van der Waals surface area (Å²) in [5.74, 6) is 0.0637. The van der Waals surface area contributed by atoms with Gasteiger partial charge in [-0.3, -0.25) is 19.2 Å². The molecular weight excluding hydrogens is 282 g/mol. The van der Waals surface area contributed by atoms with Crippen molar-refractivity contribution in [2.75, 3.05) is 31.5 Å². The van der Waals surface area contributed by atoms with E-state index in [1.54, 1.807) is 11.6 Å². The van der Waals surface area contributed by atoms with Crippen LogP contribution in [0.5, 0.6) is 0 Å². The molecule has 2 rings (SSSR count). The summed E-state index contributed by atoms with van der Waals surface area (Å²) in [5, 5.41) is 7.29. The van der Waals surface area contributed by atoms with Gasteiger partial charge in [-0.05, 0) is 20.8 Å². The first-order valence-corrected chi connectivity index (χ1v) is 7.62. The van der Waals surface area contributed by atoms with E-state index >= 15 is 0 Å². The number of hydrogen-bond acceptors (Lipinski definition) is 4. The van der Waals surface area contributed by atoms with Crippen molar-refractivity contribution in [3.05, 3.63) is 11.4 Å². The van der Waals surface area contributed by atoms with Crippen molar-refractivity contribution in [2.24, 2.45) is 7.05 Å². The fourth-order valence-corrected chi connectivity index (χ4v) is 2.77. The minimum atomic E-state index is -0.229. The van der Waals surface area contributed by atoms with Crippen molar-refractivity contribution in [2.45, 2.75) is 33.7 Å². The number of hydrogen-bond donors (Lipinski definition) is 1. The van der Waals surface area contributed by atoms with Gasteiger partial charge >= 0.3 is 0 Å². The first-order chi connectivity index (χ1) is 10.3. The van der Waals surface area contributed by atoms with Gasteiger partial charge in [0, 0.05) is 40.2 Å². The molecule has 0 radical (unpaired) electrons. The highest BCUT2D eigenvalue weighted by Crippen LogP contribution is 2.19. The second-order valence-electron chi connectivity index (χ2n) is 5.88. The second-order valence-corrected chi connectivity index (χ2v) is 5.88. The Kier molecular flexibility index (Phi) is 4.85. The number of nitrogens with one attached hydrogen (secondary N) is 1. The number of carbonyl (C=O) groups excluding carboxylic acids is 2. The SMILES string of the molecule is CC(=O)N1CCN(C(C)C(=O)Nc2c(C)nn(C)c2C)CC1. The van der Waals surface area contributed by atoms with Gasteiger partial charge in [-0.2, -0.15) is 5.10 Å². The number of anilines is 1. The molecule has 122 valence electrons. The lowest BCUT2D eigenvalue weighted by molar-refractivity contribution is -0.131. The molecule has 1 atom stereocenters. The predicted octanol–water partition coefficient (Wildman–Crippen LogP) is 0.528. The molecule has 2 amide bonds. The zero-order valence-electron chi connectivity index (χ0n) is 14.0. The number of aromatic nitrogens is 2. The van der Waals surface area contributed by atoms with Crippen LogP contribution in [-0.2, 0) is 16.6 Å². The lowest BCUT2D eigenvalue weighted by atomic mass is 10.2. The summed E-state index contributed by atoms with van der Waals surface area (Å²) >= 11 is 0. The molecule has 1 aliphatic rings. The van der Waals surface area contributed by atoms with E-state index in [0.717, 1.165) is 30.2 Å². The number of nitrogens with zero attached hydrogens (tertiary/aromatic N) is 4. The van der Waals surface area contributed by atoms with Crippen LogP contribution in [0.2, 0.25) is 0 Å². The van der Waals surface area contributed by atoms with Crippen LogP contribution in [0.3, 0.4) is 0 Å². The van der Waals surface area contributed by atoms with Crippen molar-refractivity contribution in [3.63, 3.8) is 0 Å². The highest BCUT2D eigenvalue weighted by atomic mass is 16.2. The molecule has 2 heterocycles. The Labute approximate surface area is 131 Å². The van der Waals surface area contributed by atoms with E-state index in [9.17, 15) is 9.59 Å². The second kappa shape index (κ2) is 6.48. The summed E-state index contributed by atoms with van der Waals surface area (Å²) in [7, 11) is 1.86. The van der Waals surface area contributed by atoms with E-state index in [1.165, 1.54) is 0 Å². The highest BCUT2D eigenvalue weighted by molar-refractivity contribution is 5.95. The van der Waals surface area contributed by atoms with E-state index in [4.69, 9.17) is 0 Å². The van der Waals surface area contributed by atoms with Crippen molar-refractivity contribution in [3.8, 4) is 0 Å². The Morgan fingerprint density at radius 3 is 2.23 bits per heavy atom. The molecule has 0 saturated carbocycles. The van der Waals surface area contributed by atoms with Crippen molar-refractivity contribution in [1.82, 2.24) is 19.6 Å². The lowest BCUT2D eigenvalue weighted by Crippen LogP contribution is -2.53. The van der Waals surface area contributed by atoms with Crippen molar-refractivity contribution >= 4 is 17.5 Å². The summed E-state index contributed by atoms with van der Waals surface area (Å²) < 4.78 is 1.77. The van der Waals surface area contributed by atoms with Gasteiger partial charge in [-0.1, -0.05) is 0 Å². The standard InChI is InChI=1S/C15H25N5O2/c1-10-14(11(2)18(5)17-10)16-15(22)12(3)19-6-8-20(9-7-19)13(4)21/h12H,6-9H2,1-5H3,(H,16,22). The van der Waals surface area contributed by atoms with Crippen LogP contribution in [-0.4, -0.2) is 63.6 Å². The molecule has 0 spiro atoms. The molecule has 1 aromatic heterocycles. The molecule has 1 aliphatic heterocycles. The minimum absolute atomic E-state index is 0.0320. The lowest BCUT2D eigenvalue weighted by Gasteiger charge is -2.37. The number of piperazine rings is 1. The van der Waals surface area contributed by atoms with Crippen LogP contribution in [0.15, 0.2) is 0 Å². The first-order valence-electron chi connectivity index (χ1n) is 7.62. The van der Waals surface area contributed by atoms with Crippen LogP contribution in [0.1, 0.15) is 25.2 Å². The molecule has 7 heteroatoms. The maximum absolute atomic E-state index is 12.5. The fraction of sp³-hybridized carbons (Fsp3) is 0.667. The van der Waals surface area contributed by atoms with Gasteiger partial charge in [0.25, 0.3) is 0 Å². The molecule has 0 bridgehead atoms. The number of carbonyl (C=O) groups is 2. The summed E-state index contributed by atoms with van der Waals surface area (Å²) in [6.45, 7) is 10.1. The van der Waals surface area contributed by atoms with E-state index in [0.29, 0.717) is 13.1 Å². The van der Waals surface area contributed by atoms with Gasteiger partial charge in [0.1, 0.15) is 0 Å². The van der Waals surface area contributed by atoms with E-state index < -0.39 is 0 Å². The molecule has 1 unspecified atom stereocenters. The number of amides is 2. The Morgan fingerprint density at radius 2 is 1.77 bits per heavy atom. The summed E-state index contributed by atoms with van der Waals surface area (Å²) in [6.07, 6.45) is 0. The van der Waals surface area contributed by atoms with Gasteiger partial charge in [-0.25, -0.2) is 0 Å². The Balaban J connectivity index is 1.97. The third-order valence-corrected chi connectivity index (χ3v) is 4.44. The molecule has 1 fully saturated rings. The van der Waals surface area contributed by atoms with Gasteiger partial charge in [0.2, 0.25) is 11.8 Å². The van der Waals surface area contributed by atoms with Crippen LogP contribution < -0.4 is 5.32 Å². The minimum Gasteiger partial charge on any atom is -0.340 e. The Bertz CT molecular complexity index is 573. The summed E-state index contributed by atoms with van der Waals surface area (Å²) in [4.78, 5) is 27.7. The topological polar surface area (TPSA) is 70.5 Å². The van der Waals surface area contributed by atoms with Crippen molar-refractivity contribution in [1.29, 1.82) is 0 Å². The average molecular weight is 307 g/mol. The van der Waals surface area contributed by atoms with Gasteiger partial charge in [0.15, 0.2) is 0 Å². The molecule has 0 aliphatic carbocycles. The average Bonchev–Trinajstić information content (AvgIpc) is 2.73. The Hall–Kier alpha value is -1.89. The van der Waals surface area contributed by atoms with Gasteiger partial charge < -0.3 is 10.2 Å². The maximum Gasteiger partial charge on any atom is 0.241 e. The summed E-state index contributed by atoms with van der Waals surface area (Å²) in [5.41, 5.74) is 2.56. The van der Waals surface area contributed by atoms with E-state index in [-0.39, 0.29) is 17.9 Å². The third kappa shape index (κ3) is 3.30. The van der Waals surface area contributed by atoms with Gasteiger partial charge in [0.05, 0.1) is 23.1 Å². The zero-order valence-corrected chi connectivity index (χ0v) is 14.0. The molecule has 22 heavy (non-hydrogen) atoms. The zero-order chi connectivity index (χ0) is 16.4. The smallest absolute Gasteiger partial charge is 0.241 e. The predicted molar refractivity (Wildman–Crippen MR) is 84.6 cm³/mol. The normalized spacial score (nSPS) is 17.4. The van der Waals surface area contributed by atoms with Crippen LogP contribution in [0.25, 0.3) is 0 Å². The molecule has 0 aromatic carbocycles.